The zero-order valence-electron chi connectivity index (χ0n) is 11.4. The van der Waals surface area contributed by atoms with Gasteiger partial charge in [0, 0.05) is 0 Å². The third-order valence-corrected chi connectivity index (χ3v) is 4.73. The summed E-state index contributed by atoms with van der Waals surface area (Å²) in [7, 11) is 1.68. The van der Waals surface area contributed by atoms with Crippen LogP contribution >= 0.6 is 0 Å². The summed E-state index contributed by atoms with van der Waals surface area (Å²) in [6, 6.07) is 8.04. The van der Waals surface area contributed by atoms with E-state index in [0.29, 0.717) is 24.5 Å². The van der Waals surface area contributed by atoms with E-state index in [-0.39, 0.29) is 6.10 Å². The smallest absolute Gasteiger partial charge is 0.118 e. The molecule has 0 aliphatic heterocycles. The van der Waals surface area contributed by atoms with Crippen LogP contribution in [0.25, 0.3) is 0 Å². The number of fused-ring (bicyclic) bond motifs is 1. The highest BCUT2D eigenvalue weighted by molar-refractivity contribution is 5.26. The van der Waals surface area contributed by atoms with Crippen molar-refractivity contribution < 1.29 is 14.6 Å². The molecule has 0 radical (unpaired) electrons. The molecular formula is C16H22O3. The van der Waals surface area contributed by atoms with E-state index in [1.54, 1.807) is 7.11 Å². The van der Waals surface area contributed by atoms with Crippen molar-refractivity contribution in [2.75, 3.05) is 7.11 Å². The zero-order valence-corrected chi connectivity index (χ0v) is 11.4. The Balaban J connectivity index is 1.55. The monoisotopic (exact) mass is 262 g/mol. The van der Waals surface area contributed by atoms with Crippen LogP contribution in [0.2, 0.25) is 0 Å². The highest BCUT2D eigenvalue weighted by Gasteiger charge is 2.44. The molecule has 3 nitrogen and oxygen atoms in total. The maximum absolute atomic E-state index is 9.89. The summed E-state index contributed by atoms with van der Waals surface area (Å²) >= 11 is 0. The van der Waals surface area contributed by atoms with Crippen LogP contribution < -0.4 is 4.74 Å². The Morgan fingerprint density at radius 3 is 2.53 bits per heavy atom. The Morgan fingerprint density at radius 2 is 1.79 bits per heavy atom. The van der Waals surface area contributed by atoms with E-state index in [1.165, 1.54) is 5.56 Å². The number of hydrogen-bond donors (Lipinski definition) is 1. The predicted octanol–water partition coefficient (Wildman–Crippen LogP) is 2.76. The minimum atomic E-state index is -0.0837. The van der Waals surface area contributed by atoms with E-state index < -0.39 is 0 Å². The lowest BCUT2D eigenvalue weighted by molar-refractivity contribution is 0.00938. The van der Waals surface area contributed by atoms with Crippen molar-refractivity contribution in [1.82, 2.24) is 0 Å². The summed E-state index contributed by atoms with van der Waals surface area (Å²) in [5.41, 5.74) is 1.18. The van der Waals surface area contributed by atoms with Crippen molar-refractivity contribution in [3.8, 4) is 5.75 Å². The van der Waals surface area contributed by atoms with Gasteiger partial charge in [0.25, 0.3) is 0 Å². The molecule has 2 aliphatic carbocycles. The van der Waals surface area contributed by atoms with Crippen molar-refractivity contribution in [3.63, 3.8) is 0 Å². The predicted molar refractivity (Wildman–Crippen MR) is 73.0 cm³/mol. The average Bonchev–Trinajstić information content (AvgIpc) is 3.01. The van der Waals surface area contributed by atoms with Crippen LogP contribution in [0.15, 0.2) is 24.3 Å². The van der Waals surface area contributed by atoms with Crippen molar-refractivity contribution in [1.29, 1.82) is 0 Å². The van der Waals surface area contributed by atoms with E-state index in [9.17, 15) is 5.11 Å². The number of benzene rings is 1. The molecule has 2 fully saturated rings. The van der Waals surface area contributed by atoms with Gasteiger partial charge in [-0.2, -0.15) is 0 Å². The summed E-state index contributed by atoms with van der Waals surface area (Å²) in [6.07, 6.45) is 4.56. The first-order chi connectivity index (χ1) is 9.28. The molecule has 0 heterocycles. The highest BCUT2D eigenvalue weighted by atomic mass is 16.5. The highest BCUT2D eigenvalue weighted by Crippen LogP contribution is 2.45. The molecule has 0 amide bonds. The molecule has 0 bridgehead atoms. The van der Waals surface area contributed by atoms with E-state index in [0.717, 1.165) is 31.4 Å². The number of hydrogen-bond acceptors (Lipinski definition) is 3. The summed E-state index contributed by atoms with van der Waals surface area (Å²) in [5.74, 6) is 1.94. The molecule has 3 rings (SSSR count). The summed E-state index contributed by atoms with van der Waals surface area (Å²) in [6.45, 7) is 0.661. The van der Waals surface area contributed by atoms with Gasteiger partial charge in [-0.3, -0.25) is 0 Å². The molecule has 1 N–H and O–H groups in total. The normalized spacial score (nSPS) is 33.4. The second kappa shape index (κ2) is 5.51. The minimum Gasteiger partial charge on any atom is -0.497 e. The zero-order chi connectivity index (χ0) is 13.2. The number of methoxy groups -OCH3 is 1. The van der Waals surface area contributed by atoms with Crippen LogP contribution in [0, 0.1) is 11.8 Å². The van der Waals surface area contributed by atoms with Crippen LogP contribution in [0.1, 0.15) is 31.2 Å². The third-order valence-electron chi connectivity index (χ3n) is 4.73. The first kappa shape index (κ1) is 12.9. The molecule has 0 aromatic heterocycles. The fraction of sp³-hybridized carbons (Fsp3) is 0.625. The number of aliphatic hydroxyl groups is 1. The van der Waals surface area contributed by atoms with Crippen LogP contribution in [-0.4, -0.2) is 24.4 Å². The molecule has 1 aromatic rings. The van der Waals surface area contributed by atoms with Crippen molar-refractivity contribution >= 4 is 0 Å². The van der Waals surface area contributed by atoms with Crippen LogP contribution in [0.3, 0.4) is 0 Å². The third kappa shape index (κ3) is 2.63. The quantitative estimate of drug-likeness (QED) is 0.906. The molecule has 1 aromatic carbocycles. The second-order valence-corrected chi connectivity index (χ2v) is 5.75. The number of rotatable bonds is 4. The van der Waals surface area contributed by atoms with E-state index in [2.05, 4.69) is 12.1 Å². The van der Waals surface area contributed by atoms with Crippen molar-refractivity contribution in [2.45, 2.75) is 44.5 Å². The molecule has 3 heteroatoms. The Bertz CT molecular complexity index is 415. The molecule has 0 saturated heterocycles. The largest absolute Gasteiger partial charge is 0.497 e. The Morgan fingerprint density at radius 1 is 1.05 bits per heavy atom. The van der Waals surface area contributed by atoms with E-state index in [1.807, 2.05) is 12.1 Å². The summed E-state index contributed by atoms with van der Waals surface area (Å²) in [4.78, 5) is 0. The Kier molecular flexibility index (Phi) is 3.76. The average molecular weight is 262 g/mol. The van der Waals surface area contributed by atoms with Gasteiger partial charge >= 0.3 is 0 Å². The van der Waals surface area contributed by atoms with Crippen molar-refractivity contribution in [3.05, 3.63) is 29.8 Å². The Labute approximate surface area is 114 Å². The standard InChI is InChI=1S/C16H22O3/c1-18-12-4-2-11(3-5-12)10-19-16-9-7-13-14(16)6-8-15(13)17/h2-5,13-17H,6-10H2,1H3/t13-,14-,15?,16?/m0/s1. The van der Waals surface area contributed by atoms with Gasteiger partial charge < -0.3 is 14.6 Å². The molecule has 19 heavy (non-hydrogen) atoms. The van der Waals surface area contributed by atoms with Crippen LogP contribution in [0.4, 0.5) is 0 Å². The molecule has 4 atom stereocenters. The molecule has 104 valence electrons. The Hall–Kier alpha value is -1.06. The van der Waals surface area contributed by atoms with Crippen LogP contribution in [-0.2, 0) is 11.3 Å². The second-order valence-electron chi connectivity index (χ2n) is 5.75. The van der Waals surface area contributed by atoms with Gasteiger partial charge in [0.15, 0.2) is 0 Å². The summed E-state index contributed by atoms with van der Waals surface area (Å²) in [5, 5.41) is 9.89. The lowest BCUT2D eigenvalue weighted by Gasteiger charge is -2.19. The first-order valence-corrected chi connectivity index (χ1v) is 7.20. The van der Waals surface area contributed by atoms with Crippen molar-refractivity contribution in [2.24, 2.45) is 11.8 Å². The number of aliphatic hydroxyl groups excluding tert-OH is 1. The maximum Gasteiger partial charge on any atom is 0.118 e. The van der Waals surface area contributed by atoms with Gasteiger partial charge in [0.2, 0.25) is 0 Å². The summed E-state index contributed by atoms with van der Waals surface area (Å²) < 4.78 is 11.2. The lowest BCUT2D eigenvalue weighted by atomic mass is 9.98. The molecule has 2 unspecified atom stereocenters. The van der Waals surface area contributed by atoms with Gasteiger partial charge in [-0.05, 0) is 55.2 Å². The topological polar surface area (TPSA) is 38.7 Å². The lowest BCUT2D eigenvalue weighted by Crippen LogP contribution is -2.21. The molecule has 2 aliphatic rings. The SMILES string of the molecule is COc1ccc(COC2CC[C@@H]3C(O)CC[C@H]23)cc1. The van der Waals surface area contributed by atoms with Gasteiger partial charge in [0.05, 0.1) is 25.9 Å². The van der Waals surface area contributed by atoms with Crippen LogP contribution in [0.5, 0.6) is 5.75 Å². The first-order valence-electron chi connectivity index (χ1n) is 7.20. The molecular weight excluding hydrogens is 240 g/mol. The maximum atomic E-state index is 9.89. The molecule has 0 spiro atoms. The fourth-order valence-electron chi connectivity index (χ4n) is 3.65. The van der Waals surface area contributed by atoms with E-state index >= 15 is 0 Å². The fourth-order valence-corrected chi connectivity index (χ4v) is 3.65. The van der Waals surface area contributed by atoms with Gasteiger partial charge in [-0.15, -0.1) is 0 Å². The minimum absolute atomic E-state index is 0.0837. The number of ether oxygens (including phenoxy) is 2. The van der Waals surface area contributed by atoms with Gasteiger partial charge in [-0.1, -0.05) is 12.1 Å². The molecule has 2 saturated carbocycles. The van der Waals surface area contributed by atoms with Gasteiger partial charge in [-0.25, -0.2) is 0 Å². The van der Waals surface area contributed by atoms with Gasteiger partial charge in [0.1, 0.15) is 5.75 Å². The van der Waals surface area contributed by atoms with E-state index in [4.69, 9.17) is 9.47 Å².